The van der Waals surface area contributed by atoms with E-state index in [-0.39, 0.29) is 21.2 Å². The lowest BCUT2D eigenvalue weighted by atomic mass is 10.1. The molecule has 4 rings (SSSR count). The lowest BCUT2D eigenvalue weighted by molar-refractivity contribution is 0.102. The first-order chi connectivity index (χ1) is 16.7. The minimum Gasteiger partial charge on any atom is -0.497 e. The van der Waals surface area contributed by atoms with Crippen molar-refractivity contribution in [3.05, 3.63) is 82.3 Å². The highest BCUT2D eigenvalue weighted by Crippen LogP contribution is 2.33. The standard InChI is InChI=1S/C26H27N3O5S/c1-5-28-22-15-21(27-25(30)20-10-8-7-9-17(20)3)24(16-23(22)29(6-2)26(28)31)35(32,33)19-13-11-18(34-4)12-14-19/h7-16H,5-6H2,1-4H3,(H,27,30). The molecule has 0 bridgehead atoms. The summed E-state index contributed by atoms with van der Waals surface area (Å²) in [4.78, 5) is 26.0. The number of anilines is 1. The summed E-state index contributed by atoms with van der Waals surface area (Å²) in [5.41, 5.74) is 2.10. The SMILES string of the molecule is CCn1c(=O)n(CC)c2cc(S(=O)(=O)c3ccc(OC)cc3)c(NC(=O)c3ccccc3C)cc21. The highest BCUT2D eigenvalue weighted by molar-refractivity contribution is 7.91. The molecule has 4 aromatic rings. The maximum Gasteiger partial charge on any atom is 0.329 e. The number of hydrogen-bond donors (Lipinski definition) is 1. The van der Waals surface area contributed by atoms with Crippen LogP contribution in [0.2, 0.25) is 0 Å². The zero-order valence-electron chi connectivity index (χ0n) is 20.0. The van der Waals surface area contributed by atoms with Gasteiger partial charge in [0.05, 0.1) is 33.6 Å². The van der Waals surface area contributed by atoms with Crippen LogP contribution >= 0.6 is 0 Å². The Morgan fingerprint density at radius 3 is 2.11 bits per heavy atom. The maximum atomic E-state index is 13.8. The number of carbonyl (C=O) groups is 1. The van der Waals surface area contributed by atoms with E-state index < -0.39 is 15.7 Å². The first kappa shape index (κ1) is 24.3. The number of imidazole rings is 1. The van der Waals surface area contributed by atoms with Gasteiger partial charge in [-0.25, -0.2) is 13.2 Å². The minimum atomic E-state index is -4.05. The summed E-state index contributed by atoms with van der Waals surface area (Å²) in [6, 6.07) is 16.1. The van der Waals surface area contributed by atoms with Crippen molar-refractivity contribution in [3.8, 4) is 5.75 Å². The van der Waals surface area contributed by atoms with Gasteiger partial charge in [-0.05, 0) is 68.8 Å². The molecule has 35 heavy (non-hydrogen) atoms. The third-order valence-electron chi connectivity index (χ3n) is 6.05. The van der Waals surface area contributed by atoms with Gasteiger partial charge in [0.1, 0.15) is 5.75 Å². The van der Waals surface area contributed by atoms with Gasteiger partial charge < -0.3 is 10.1 Å². The Labute approximate surface area is 203 Å². The first-order valence-electron chi connectivity index (χ1n) is 11.3. The summed E-state index contributed by atoms with van der Waals surface area (Å²) in [6.45, 7) is 6.25. The Kier molecular flexibility index (Phi) is 6.53. The number of nitrogens with one attached hydrogen (secondary N) is 1. The largest absolute Gasteiger partial charge is 0.497 e. The molecule has 0 aliphatic heterocycles. The van der Waals surface area contributed by atoms with Crippen LogP contribution in [0.5, 0.6) is 5.75 Å². The van der Waals surface area contributed by atoms with Crippen molar-refractivity contribution in [2.45, 2.75) is 43.7 Å². The van der Waals surface area contributed by atoms with Crippen LogP contribution in [0.3, 0.4) is 0 Å². The Balaban J connectivity index is 1.97. The number of aromatic nitrogens is 2. The number of fused-ring (bicyclic) bond motifs is 1. The third-order valence-corrected chi connectivity index (χ3v) is 7.86. The van der Waals surface area contributed by atoms with Crippen molar-refractivity contribution in [1.82, 2.24) is 9.13 Å². The number of sulfone groups is 1. The molecule has 1 heterocycles. The lowest BCUT2D eigenvalue weighted by Gasteiger charge is -2.15. The van der Waals surface area contributed by atoms with Crippen LogP contribution in [0.25, 0.3) is 11.0 Å². The average Bonchev–Trinajstić information content (AvgIpc) is 3.12. The van der Waals surface area contributed by atoms with E-state index in [0.717, 1.165) is 5.56 Å². The van der Waals surface area contributed by atoms with Gasteiger partial charge in [-0.15, -0.1) is 0 Å². The summed E-state index contributed by atoms with van der Waals surface area (Å²) < 4.78 is 35.8. The molecule has 0 unspecified atom stereocenters. The number of methoxy groups -OCH3 is 1. The van der Waals surface area contributed by atoms with Gasteiger partial charge in [-0.2, -0.15) is 0 Å². The fourth-order valence-electron chi connectivity index (χ4n) is 4.17. The summed E-state index contributed by atoms with van der Waals surface area (Å²) in [5.74, 6) is 0.0845. The monoisotopic (exact) mass is 493 g/mol. The molecule has 0 atom stereocenters. The molecule has 1 N–H and O–H groups in total. The molecular formula is C26H27N3O5S. The van der Waals surface area contributed by atoms with E-state index in [0.29, 0.717) is 35.4 Å². The number of rotatable bonds is 7. The van der Waals surface area contributed by atoms with E-state index in [9.17, 15) is 18.0 Å². The first-order valence-corrected chi connectivity index (χ1v) is 12.7. The number of hydrogen-bond acceptors (Lipinski definition) is 5. The Morgan fingerprint density at radius 2 is 1.54 bits per heavy atom. The van der Waals surface area contributed by atoms with Gasteiger partial charge in [0, 0.05) is 18.7 Å². The van der Waals surface area contributed by atoms with Crippen molar-refractivity contribution in [3.63, 3.8) is 0 Å². The van der Waals surface area contributed by atoms with Crippen LogP contribution < -0.4 is 15.7 Å². The zero-order chi connectivity index (χ0) is 25.3. The van der Waals surface area contributed by atoms with Crippen LogP contribution in [-0.2, 0) is 22.9 Å². The highest BCUT2D eigenvalue weighted by Gasteiger charge is 2.26. The molecule has 1 amide bonds. The van der Waals surface area contributed by atoms with Crippen molar-refractivity contribution in [2.24, 2.45) is 0 Å². The Hall–Kier alpha value is -3.85. The summed E-state index contributed by atoms with van der Waals surface area (Å²) in [7, 11) is -2.56. The Morgan fingerprint density at radius 1 is 0.943 bits per heavy atom. The summed E-state index contributed by atoms with van der Waals surface area (Å²) in [5, 5.41) is 2.79. The van der Waals surface area contributed by atoms with Gasteiger partial charge in [0.15, 0.2) is 0 Å². The molecule has 0 spiro atoms. The fourth-order valence-corrected chi connectivity index (χ4v) is 5.59. The quantitative estimate of drug-likeness (QED) is 0.415. The molecule has 0 aliphatic carbocycles. The molecule has 0 saturated carbocycles. The number of carbonyl (C=O) groups excluding carboxylic acids is 1. The number of benzene rings is 3. The van der Waals surface area contributed by atoms with Gasteiger partial charge >= 0.3 is 5.69 Å². The molecular weight excluding hydrogens is 466 g/mol. The molecule has 1 aromatic heterocycles. The predicted molar refractivity (Wildman–Crippen MR) is 135 cm³/mol. The zero-order valence-corrected chi connectivity index (χ0v) is 20.8. The second kappa shape index (κ2) is 9.42. The highest BCUT2D eigenvalue weighted by atomic mass is 32.2. The lowest BCUT2D eigenvalue weighted by Crippen LogP contribution is -2.23. The van der Waals surface area contributed by atoms with Crippen molar-refractivity contribution in [2.75, 3.05) is 12.4 Å². The van der Waals surface area contributed by atoms with Gasteiger partial charge in [-0.3, -0.25) is 13.9 Å². The minimum absolute atomic E-state index is 0.0457. The molecule has 182 valence electrons. The van der Waals surface area contributed by atoms with E-state index in [2.05, 4.69) is 5.32 Å². The van der Waals surface area contributed by atoms with Crippen LogP contribution in [0.15, 0.2) is 75.2 Å². The summed E-state index contributed by atoms with van der Waals surface area (Å²) in [6.07, 6.45) is 0. The van der Waals surface area contributed by atoms with Crippen LogP contribution in [0.1, 0.15) is 29.8 Å². The van der Waals surface area contributed by atoms with Gasteiger partial charge in [0.25, 0.3) is 5.91 Å². The molecule has 0 radical (unpaired) electrons. The Bertz CT molecular complexity index is 1580. The van der Waals surface area contributed by atoms with Crippen molar-refractivity contribution >= 4 is 32.5 Å². The summed E-state index contributed by atoms with van der Waals surface area (Å²) >= 11 is 0. The van der Waals surface area contributed by atoms with E-state index >= 15 is 0 Å². The van der Waals surface area contributed by atoms with Crippen molar-refractivity contribution in [1.29, 1.82) is 0 Å². The molecule has 0 saturated heterocycles. The average molecular weight is 494 g/mol. The van der Waals surface area contributed by atoms with E-state index in [1.807, 2.05) is 32.9 Å². The van der Waals surface area contributed by atoms with E-state index in [1.54, 1.807) is 34.9 Å². The van der Waals surface area contributed by atoms with Crippen LogP contribution in [0.4, 0.5) is 5.69 Å². The molecule has 9 heteroatoms. The van der Waals surface area contributed by atoms with E-state index in [4.69, 9.17) is 4.74 Å². The number of aryl methyl sites for hydroxylation is 3. The second-order valence-electron chi connectivity index (χ2n) is 8.06. The number of nitrogens with zero attached hydrogens (tertiary/aromatic N) is 2. The maximum absolute atomic E-state index is 13.8. The number of amides is 1. The van der Waals surface area contributed by atoms with Crippen molar-refractivity contribution < 1.29 is 17.9 Å². The molecule has 8 nitrogen and oxygen atoms in total. The molecule has 3 aromatic carbocycles. The van der Waals surface area contributed by atoms with Gasteiger partial charge in [-0.1, -0.05) is 18.2 Å². The third kappa shape index (κ3) is 4.23. The van der Waals surface area contributed by atoms with Crippen LogP contribution in [0, 0.1) is 6.92 Å². The smallest absolute Gasteiger partial charge is 0.329 e. The molecule has 0 aliphatic rings. The van der Waals surface area contributed by atoms with Crippen LogP contribution in [-0.4, -0.2) is 30.6 Å². The van der Waals surface area contributed by atoms with E-state index in [1.165, 1.54) is 29.9 Å². The molecule has 0 fully saturated rings. The predicted octanol–water partition coefficient (Wildman–Crippen LogP) is 4.24. The van der Waals surface area contributed by atoms with Gasteiger partial charge in [0.2, 0.25) is 9.84 Å². The normalized spacial score (nSPS) is 11.5. The second-order valence-corrected chi connectivity index (χ2v) is 9.97. The fraction of sp³-hybridized carbons (Fsp3) is 0.231. The number of ether oxygens (including phenoxy) is 1. The topological polar surface area (TPSA) is 99.4 Å².